The number of anilines is 1. The van der Waals surface area contributed by atoms with E-state index in [9.17, 15) is 14.9 Å². The number of hydrogen-bond acceptors (Lipinski definition) is 6. The van der Waals surface area contributed by atoms with Gasteiger partial charge in [0.15, 0.2) is 0 Å². The van der Waals surface area contributed by atoms with E-state index in [1.807, 2.05) is 24.3 Å². The average Bonchev–Trinajstić information content (AvgIpc) is 3.24. The van der Waals surface area contributed by atoms with E-state index in [0.717, 1.165) is 20.5 Å². The molecule has 0 atom stereocenters. The zero-order chi connectivity index (χ0) is 20.5. The normalized spacial score (nSPS) is 13.1. The Bertz CT molecular complexity index is 1160. The van der Waals surface area contributed by atoms with Gasteiger partial charge in [0.1, 0.15) is 15.9 Å². The Morgan fingerprint density at radius 3 is 2.86 bits per heavy atom. The van der Waals surface area contributed by atoms with E-state index in [4.69, 9.17) is 16.3 Å². The third-order valence-electron chi connectivity index (χ3n) is 4.66. The highest BCUT2D eigenvalue weighted by atomic mass is 35.5. The third-order valence-corrected chi connectivity index (χ3v) is 7.47. The second-order valence-electron chi connectivity index (χ2n) is 6.39. The number of benzene rings is 1. The van der Waals surface area contributed by atoms with Crippen LogP contribution < -0.4 is 5.32 Å². The van der Waals surface area contributed by atoms with Crippen molar-refractivity contribution in [3.8, 4) is 6.07 Å². The molecule has 0 saturated carbocycles. The number of nitrogens with zero attached hydrogens (tertiary/aromatic N) is 2. The number of carbonyl (C=O) groups excluding carboxylic acids is 2. The molecular weight excluding hydrogens is 430 g/mol. The van der Waals surface area contributed by atoms with E-state index in [1.54, 1.807) is 11.8 Å². The maximum Gasteiger partial charge on any atom is 0.410 e. The van der Waals surface area contributed by atoms with Crippen LogP contribution in [0.1, 0.15) is 32.6 Å². The second kappa shape index (κ2) is 8.03. The largest absolute Gasteiger partial charge is 0.450 e. The summed E-state index contributed by atoms with van der Waals surface area (Å²) in [5.74, 6) is -0.339. The van der Waals surface area contributed by atoms with Crippen LogP contribution in [0.15, 0.2) is 24.3 Å². The fourth-order valence-corrected chi connectivity index (χ4v) is 5.92. The number of fused-ring (bicyclic) bond motifs is 2. The molecule has 0 saturated heterocycles. The summed E-state index contributed by atoms with van der Waals surface area (Å²) >= 11 is 9.04. The molecule has 0 spiro atoms. The van der Waals surface area contributed by atoms with Crippen LogP contribution in [0.25, 0.3) is 10.1 Å². The molecule has 148 valence electrons. The van der Waals surface area contributed by atoms with Gasteiger partial charge in [-0.3, -0.25) is 4.79 Å². The van der Waals surface area contributed by atoms with Crippen molar-refractivity contribution in [3.63, 3.8) is 0 Å². The number of ether oxygens (including phenoxy) is 1. The first-order valence-electron chi connectivity index (χ1n) is 8.98. The lowest BCUT2D eigenvalue weighted by Gasteiger charge is -2.25. The van der Waals surface area contributed by atoms with Crippen molar-refractivity contribution in [2.75, 3.05) is 18.5 Å². The molecule has 0 unspecified atom stereocenters. The number of amides is 2. The fourth-order valence-electron chi connectivity index (χ4n) is 3.30. The van der Waals surface area contributed by atoms with Gasteiger partial charge in [-0.15, -0.1) is 22.7 Å². The van der Waals surface area contributed by atoms with Gasteiger partial charge in [-0.1, -0.05) is 29.8 Å². The van der Waals surface area contributed by atoms with Crippen molar-refractivity contribution < 1.29 is 14.3 Å². The van der Waals surface area contributed by atoms with E-state index in [-0.39, 0.29) is 12.0 Å². The molecule has 9 heteroatoms. The SMILES string of the molecule is CCOC(=O)N1CCc2c(sc(NC(=O)c3sc4ccccc4c3Cl)c2C#N)C1. The van der Waals surface area contributed by atoms with Gasteiger partial charge < -0.3 is 15.0 Å². The van der Waals surface area contributed by atoms with E-state index in [0.29, 0.717) is 46.6 Å². The van der Waals surface area contributed by atoms with Gasteiger partial charge in [-0.25, -0.2) is 4.79 Å². The summed E-state index contributed by atoms with van der Waals surface area (Å²) in [6, 6.07) is 9.76. The molecule has 2 aromatic heterocycles. The molecule has 4 rings (SSSR count). The molecule has 1 N–H and O–H groups in total. The summed E-state index contributed by atoms with van der Waals surface area (Å²) in [6.07, 6.45) is 0.181. The van der Waals surface area contributed by atoms with Gasteiger partial charge in [-0.05, 0) is 25.0 Å². The van der Waals surface area contributed by atoms with Gasteiger partial charge in [0.2, 0.25) is 0 Å². The van der Waals surface area contributed by atoms with E-state index < -0.39 is 0 Å². The van der Waals surface area contributed by atoms with E-state index in [1.165, 1.54) is 22.7 Å². The third kappa shape index (κ3) is 3.57. The van der Waals surface area contributed by atoms with Crippen molar-refractivity contribution in [1.82, 2.24) is 4.90 Å². The van der Waals surface area contributed by atoms with Crippen LogP contribution in [0.4, 0.5) is 9.80 Å². The highest BCUT2D eigenvalue weighted by Gasteiger charge is 2.28. The van der Waals surface area contributed by atoms with Crippen molar-refractivity contribution >= 4 is 61.4 Å². The number of thiophene rings is 2. The van der Waals surface area contributed by atoms with E-state index in [2.05, 4.69) is 11.4 Å². The Balaban J connectivity index is 1.61. The number of halogens is 1. The predicted octanol–water partition coefficient (Wildman–Crippen LogP) is 5.25. The monoisotopic (exact) mass is 445 g/mol. The Kier molecular flexibility index (Phi) is 5.46. The van der Waals surface area contributed by atoms with E-state index >= 15 is 0 Å². The molecule has 29 heavy (non-hydrogen) atoms. The van der Waals surface area contributed by atoms with Crippen LogP contribution in [-0.2, 0) is 17.7 Å². The Morgan fingerprint density at radius 2 is 2.14 bits per heavy atom. The number of rotatable bonds is 3. The summed E-state index contributed by atoms with van der Waals surface area (Å²) in [7, 11) is 0. The lowest BCUT2D eigenvalue weighted by molar-refractivity contribution is 0.102. The highest BCUT2D eigenvalue weighted by Crippen LogP contribution is 2.39. The molecule has 1 aliphatic heterocycles. The van der Waals surface area contributed by atoms with Crippen LogP contribution in [0.5, 0.6) is 0 Å². The molecule has 0 aliphatic carbocycles. The zero-order valence-electron chi connectivity index (χ0n) is 15.5. The topological polar surface area (TPSA) is 82.4 Å². The van der Waals surface area contributed by atoms with Crippen LogP contribution in [0, 0.1) is 11.3 Å². The molecule has 0 bridgehead atoms. The average molecular weight is 446 g/mol. The number of hydrogen-bond donors (Lipinski definition) is 1. The van der Waals surface area contributed by atoms with Gasteiger partial charge in [0.05, 0.1) is 23.7 Å². The van der Waals surface area contributed by atoms with Crippen molar-refractivity contribution in [2.45, 2.75) is 19.9 Å². The quantitative estimate of drug-likeness (QED) is 0.596. The van der Waals surface area contributed by atoms with Gasteiger partial charge in [0.25, 0.3) is 5.91 Å². The highest BCUT2D eigenvalue weighted by molar-refractivity contribution is 7.22. The number of carbonyl (C=O) groups is 2. The molecule has 1 aliphatic rings. The summed E-state index contributed by atoms with van der Waals surface area (Å²) in [5.41, 5.74) is 1.34. The molecule has 0 radical (unpaired) electrons. The molecule has 3 aromatic rings. The Hall–Kier alpha value is -2.60. The summed E-state index contributed by atoms with van der Waals surface area (Å²) in [5, 5.41) is 14.2. The zero-order valence-corrected chi connectivity index (χ0v) is 17.8. The first-order valence-corrected chi connectivity index (χ1v) is 11.0. The van der Waals surface area contributed by atoms with Crippen LogP contribution in [0.3, 0.4) is 0 Å². The number of nitrogens with one attached hydrogen (secondary N) is 1. The lowest BCUT2D eigenvalue weighted by atomic mass is 10.0. The summed E-state index contributed by atoms with van der Waals surface area (Å²) in [6.45, 7) is 2.92. The molecule has 1 aromatic carbocycles. The molecular formula is C20H16ClN3O3S2. The van der Waals surface area contributed by atoms with Gasteiger partial charge in [-0.2, -0.15) is 5.26 Å². The Labute approximate surface area is 180 Å². The maximum absolute atomic E-state index is 12.9. The second-order valence-corrected chi connectivity index (χ2v) is 8.92. The predicted molar refractivity (Wildman–Crippen MR) is 115 cm³/mol. The Morgan fingerprint density at radius 1 is 1.34 bits per heavy atom. The van der Waals surface area contributed by atoms with Gasteiger partial charge in [0, 0.05) is 21.5 Å². The first-order chi connectivity index (χ1) is 14.0. The standard InChI is InChI=1S/C20H16ClN3O3S2/c1-2-27-20(26)24-8-7-11-13(9-22)19(29-15(11)10-24)23-18(25)17-16(21)12-5-3-4-6-14(12)28-17/h3-6H,2,7-8,10H2,1H3,(H,23,25). The summed E-state index contributed by atoms with van der Waals surface area (Å²) in [4.78, 5) is 27.8. The van der Waals surface area contributed by atoms with Crippen LogP contribution in [0.2, 0.25) is 5.02 Å². The van der Waals surface area contributed by atoms with Crippen LogP contribution >= 0.6 is 34.3 Å². The molecule has 3 heterocycles. The minimum absolute atomic E-state index is 0.313. The maximum atomic E-state index is 12.9. The minimum atomic E-state index is -0.368. The van der Waals surface area contributed by atoms with Crippen molar-refractivity contribution in [3.05, 3.63) is 50.2 Å². The smallest absolute Gasteiger partial charge is 0.410 e. The molecule has 2 amide bonds. The molecule has 0 fully saturated rings. The number of nitriles is 1. The fraction of sp³-hybridized carbons (Fsp3) is 0.250. The first kappa shape index (κ1) is 19.7. The summed E-state index contributed by atoms with van der Waals surface area (Å²) < 4.78 is 6.00. The van der Waals surface area contributed by atoms with Crippen molar-refractivity contribution in [2.24, 2.45) is 0 Å². The minimum Gasteiger partial charge on any atom is -0.450 e. The van der Waals surface area contributed by atoms with Crippen LogP contribution in [-0.4, -0.2) is 30.1 Å². The van der Waals surface area contributed by atoms with Gasteiger partial charge >= 0.3 is 6.09 Å². The van der Waals surface area contributed by atoms with Crippen molar-refractivity contribution in [1.29, 1.82) is 5.26 Å². The molecule has 6 nitrogen and oxygen atoms in total. The lowest BCUT2D eigenvalue weighted by Crippen LogP contribution is -2.35.